The van der Waals surface area contributed by atoms with Crippen LogP contribution in [0, 0.1) is 5.92 Å². The number of carbonyl (C=O) groups is 1. The van der Waals surface area contributed by atoms with E-state index >= 15 is 0 Å². The fraction of sp³-hybridized carbons (Fsp3) is 0.600. The molecule has 0 spiro atoms. The Morgan fingerprint density at radius 1 is 1.14 bits per heavy atom. The molecule has 2 aliphatic rings. The summed E-state index contributed by atoms with van der Waals surface area (Å²) in [6, 6.07) is 4.05. The lowest BCUT2D eigenvalue weighted by Gasteiger charge is -2.36. The van der Waals surface area contributed by atoms with Crippen molar-refractivity contribution in [1.82, 2.24) is 19.1 Å². The summed E-state index contributed by atoms with van der Waals surface area (Å²) in [6.07, 6.45) is 6.12. The summed E-state index contributed by atoms with van der Waals surface area (Å²) in [7, 11) is 1.29. The predicted molar refractivity (Wildman–Crippen MR) is 138 cm³/mol. The molecule has 0 N–H and O–H groups in total. The molecule has 0 bridgehead atoms. The number of amides is 1. The molecular formula is C25H39N5O4S. The van der Waals surface area contributed by atoms with E-state index < -0.39 is 10.0 Å². The molecule has 1 amide bonds. The molecule has 9 nitrogen and oxygen atoms in total. The summed E-state index contributed by atoms with van der Waals surface area (Å²) in [4.78, 5) is 23.6. The molecule has 10 heteroatoms. The number of aromatic nitrogens is 1. The van der Waals surface area contributed by atoms with Crippen LogP contribution >= 0.6 is 0 Å². The summed E-state index contributed by atoms with van der Waals surface area (Å²) < 4.78 is 33.0. The lowest BCUT2D eigenvalue weighted by molar-refractivity contribution is -0.130. The van der Waals surface area contributed by atoms with Crippen molar-refractivity contribution in [1.29, 1.82) is 0 Å². The van der Waals surface area contributed by atoms with Gasteiger partial charge in [-0.05, 0) is 30.7 Å². The van der Waals surface area contributed by atoms with Crippen molar-refractivity contribution in [2.45, 2.75) is 26.7 Å². The van der Waals surface area contributed by atoms with Crippen molar-refractivity contribution < 1.29 is 17.9 Å². The van der Waals surface area contributed by atoms with E-state index in [-0.39, 0.29) is 24.8 Å². The maximum Gasteiger partial charge on any atom is 0.239 e. The number of rotatable bonds is 10. The van der Waals surface area contributed by atoms with E-state index in [1.54, 1.807) is 39.1 Å². The SMILES string of the molecule is COC1=CC(C)=C(S(=O)(=O)N(C)CCC(=O)N(C)CCN2CCN(c3ccncc3)CC2)C(C)C1. The number of methoxy groups -OCH3 is 1. The van der Waals surface area contributed by atoms with Gasteiger partial charge in [0, 0.05) is 96.7 Å². The van der Waals surface area contributed by atoms with Gasteiger partial charge in [-0.25, -0.2) is 12.7 Å². The monoisotopic (exact) mass is 505 g/mol. The van der Waals surface area contributed by atoms with Crippen LogP contribution in [0.15, 0.2) is 46.8 Å². The lowest BCUT2D eigenvalue weighted by atomic mass is 9.97. The summed E-state index contributed by atoms with van der Waals surface area (Å²) in [5.74, 6) is 0.568. The van der Waals surface area contributed by atoms with Gasteiger partial charge in [0.2, 0.25) is 15.9 Å². The molecular weight excluding hydrogens is 466 g/mol. The summed E-state index contributed by atoms with van der Waals surface area (Å²) >= 11 is 0. The van der Waals surface area contributed by atoms with Crippen LogP contribution in [0.25, 0.3) is 0 Å². The number of allylic oxidation sites excluding steroid dienone is 4. The number of piperazine rings is 1. The van der Waals surface area contributed by atoms with E-state index in [1.165, 1.54) is 9.99 Å². The topological polar surface area (TPSA) is 86.3 Å². The van der Waals surface area contributed by atoms with Crippen LogP contribution < -0.4 is 4.90 Å². The van der Waals surface area contributed by atoms with Gasteiger partial charge < -0.3 is 14.5 Å². The van der Waals surface area contributed by atoms with Crippen LogP contribution in [0.3, 0.4) is 0 Å². The minimum Gasteiger partial charge on any atom is -0.501 e. The summed E-state index contributed by atoms with van der Waals surface area (Å²) in [6.45, 7) is 9.04. The van der Waals surface area contributed by atoms with E-state index in [9.17, 15) is 13.2 Å². The zero-order valence-electron chi connectivity index (χ0n) is 21.6. The highest BCUT2D eigenvalue weighted by atomic mass is 32.2. The number of nitrogens with zero attached hydrogens (tertiary/aromatic N) is 5. The van der Waals surface area contributed by atoms with Crippen molar-refractivity contribution in [3.8, 4) is 0 Å². The van der Waals surface area contributed by atoms with Crippen LogP contribution in [-0.2, 0) is 19.6 Å². The van der Waals surface area contributed by atoms with E-state index in [2.05, 4.69) is 14.8 Å². The maximum atomic E-state index is 13.2. The second kappa shape index (κ2) is 12.0. The fourth-order valence-corrected chi connectivity index (χ4v) is 6.41. The molecule has 194 valence electrons. The largest absolute Gasteiger partial charge is 0.501 e. The molecule has 1 aliphatic heterocycles. The van der Waals surface area contributed by atoms with Crippen LogP contribution in [0.2, 0.25) is 0 Å². The molecule has 1 aromatic heterocycles. The molecule has 1 atom stereocenters. The average Bonchev–Trinajstić information content (AvgIpc) is 2.85. The van der Waals surface area contributed by atoms with E-state index in [4.69, 9.17) is 4.74 Å². The number of sulfonamides is 1. The Bertz CT molecular complexity index is 1030. The molecule has 1 aliphatic carbocycles. The Labute approximate surface area is 210 Å². The molecule has 0 radical (unpaired) electrons. The van der Waals surface area contributed by atoms with Gasteiger partial charge in [0.25, 0.3) is 0 Å². The van der Waals surface area contributed by atoms with Crippen LogP contribution in [0.4, 0.5) is 5.69 Å². The summed E-state index contributed by atoms with van der Waals surface area (Å²) in [5, 5.41) is 0. The minimum atomic E-state index is -3.65. The molecule has 1 fully saturated rings. The van der Waals surface area contributed by atoms with E-state index in [0.717, 1.165) is 38.5 Å². The number of hydrogen-bond acceptors (Lipinski definition) is 7. The van der Waals surface area contributed by atoms with Gasteiger partial charge in [-0.15, -0.1) is 0 Å². The van der Waals surface area contributed by atoms with Crippen LogP contribution in [-0.4, -0.2) is 100 Å². The number of hydrogen-bond donors (Lipinski definition) is 0. The highest BCUT2D eigenvalue weighted by Crippen LogP contribution is 2.34. The first kappa shape index (κ1) is 27.2. The normalized spacial score (nSPS) is 19.7. The Hall–Kier alpha value is -2.43. The van der Waals surface area contributed by atoms with Crippen molar-refractivity contribution in [3.05, 3.63) is 46.8 Å². The lowest BCUT2D eigenvalue weighted by Crippen LogP contribution is -2.48. The third-order valence-electron chi connectivity index (χ3n) is 6.89. The quantitative estimate of drug-likeness (QED) is 0.482. The van der Waals surface area contributed by atoms with Crippen LogP contribution in [0.1, 0.15) is 26.7 Å². The third-order valence-corrected chi connectivity index (χ3v) is 9.17. The Morgan fingerprint density at radius 2 is 1.80 bits per heavy atom. The van der Waals surface area contributed by atoms with Crippen molar-refractivity contribution >= 4 is 21.6 Å². The third kappa shape index (κ3) is 6.83. The Kier molecular flexibility index (Phi) is 9.32. The number of ether oxygens (including phenoxy) is 1. The highest BCUT2D eigenvalue weighted by molar-refractivity contribution is 7.93. The van der Waals surface area contributed by atoms with Gasteiger partial charge in [-0.2, -0.15) is 0 Å². The Morgan fingerprint density at radius 3 is 2.40 bits per heavy atom. The van der Waals surface area contributed by atoms with Crippen molar-refractivity contribution in [3.63, 3.8) is 0 Å². The zero-order valence-corrected chi connectivity index (χ0v) is 22.4. The molecule has 3 rings (SSSR count). The Balaban J connectivity index is 1.45. The molecule has 0 saturated carbocycles. The van der Waals surface area contributed by atoms with Crippen LogP contribution in [0.5, 0.6) is 0 Å². The molecule has 1 aromatic rings. The standard InChI is InChI=1S/C25H39N5O4S/c1-20-18-23(34-5)19-21(2)25(20)35(32,33)28(4)11-8-24(31)27(3)12-13-29-14-16-30(17-15-29)22-6-9-26-10-7-22/h6-7,9-10,18,21H,8,11-17,19H2,1-5H3. The first-order valence-corrected chi connectivity index (χ1v) is 13.6. The van der Waals surface area contributed by atoms with Crippen molar-refractivity contribution in [2.75, 3.05) is 71.9 Å². The van der Waals surface area contributed by atoms with Gasteiger partial charge >= 0.3 is 0 Å². The first-order chi connectivity index (χ1) is 16.6. The smallest absolute Gasteiger partial charge is 0.239 e. The van der Waals surface area contributed by atoms with E-state index in [1.807, 2.05) is 31.5 Å². The van der Waals surface area contributed by atoms with Gasteiger partial charge in [0.1, 0.15) is 0 Å². The fourth-order valence-electron chi connectivity index (χ4n) is 4.69. The molecule has 35 heavy (non-hydrogen) atoms. The van der Waals surface area contributed by atoms with Gasteiger partial charge in [0.05, 0.1) is 17.8 Å². The zero-order chi connectivity index (χ0) is 25.6. The molecule has 0 aromatic carbocycles. The number of pyridine rings is 1. The number of carbonyl (C=O) groups excluding carboxylic acids is 1. The van der Waals surface area contributed by atoms with E-state index in [0.29, 0.717) is 23.4 Å². The summed E-state index contributed by atoms with van der Waals surface area (Å²) in [5.41, 5.74) is 1.88. The van der Waals surface area contributed by atoms with Gasteiger partial charge in [-0.1, -0.05) is 6.92 Å². The average molecular weight is 506 g/mol. The second-order valence-corrected chi connectivity index (χ2v) is 11.4. The van der Waals surface area contributed by atoms with Gasteiger partial charge in [0.15, 0.2) is 0 Å². The predicted octanol–water partition coefficient (Wildman–Crippen LogP) is 2.16. The highest BCUT2D eigenvalue weighted by Gasteiger charge is 2.32. The minimum absolute atomic E-state index is 0.0496. The number of anilines is 1. The molecule has 2 heterocycles. The first-order valence-electron chi connectivity index (χ1n) is 12.2. The molecule has 1 unspecified atom stereocenters. The molecule has 1 saturated heterocycles. The maximum absolute atomic E-state index is 13.2. The second-order valence-electron chi connectivity index (χ2n) is 9.39. The van der Waals surface area contributed by atoms with Gasteiger partial charge in [-0.3, -0.25) is 14.7 Å². The number of likely N-dealkylation sites (N-methyl/N-ethyl adjacent to an activating group) is 1. The van der Waals surface area contributed by atoms with Crippen molar-refractivity contribution in [2.24, 2.45) is 5.92 Å².